The van der Waals surface area contributed by atoms with Crippen LogP contribution in [-0.4, -0.2) is 59.7 Å². The van der Waals surface area contributed by atoms with Gasteiger partial charge in [-0.3, -0.25) is 0 Å². The van der Waals surface area contributed by atoms with E-state index in [4.69, 9.17) is 10.5 Å². The number of aromatic nitrogens is 2. The number of nitrogens with one attached hydrogen (secondary N) is 1. The lowest BCUT2D eigenvalue weighted by atomic mass is 10.1. The molecule has 2 bridgehead atoms. The van der Waals surface area contributed by atoms with Crippen molar-refractivity contribution in [2.24, 2.45) is 0 Å². The molecule has 3 aromatic rings. The molecule has 3 atom stereocenters. The van der Waals surface area contributed by atoms with E-state index in [1.807, 2.05) is 18.2 Å². The van der Waals surface area contributed by atoms with Crippen molar-refractivity contribution in [3.63, 3.8) is 0 Å². The summed E-state index contributed by atoms with van der Waals surface area (Å²) in [6.45, 7) is 3.67. The van der Waals surface area contributed by atoms with Crippen LogP contribution in [0.15, 0.2) is 54.6 Å². The number of ether oxygens (including phenoxy) is 1. The Hall–Kier alpha value is -3.52. The predicted molar refractivity (Wildman–Crippen MR) is 133 cm³/mol. The highest BCUT2D eigenvalue weighted by Crippen LogP contribution is 2.39. The molecular weight excluding hydrogens is 428 g/mol. The number of nitrogen functional groups attached to an aromatic ring is 1. The smallest absolute Gasteiger partial charge is 0.169 e. The molecule has 4 heterocycles. The number of hydrogen-bond donors (Lipinski definition) is 3. The van der Waals surface area contributed by atoms with Crippen molar-refractivity contribution >= 4 is 17.2 Å². The number of aromatic hydroxyl groups is 1. The van der Waals surface area contributed by atoms with Crippen LogP contribution in [0.5, 0.6) is 11.5 Å². The van der Waals surface area contributed by atoms with E-state index in [9.17, 15) is 5.11 Å². The van der Waals surface area contributed by atoms with Crippen molar-refractivity contribution in [1.82, 2.24) is 15.5 Å². The van der Waals surface area contributed by atoms with E-state index in [1.165, 1.54) is 5.69 Å². The number of nitrogens with zero attached hydrogens (tertiary/aromatic N) is 4. The average molecular weight is 459 g/mol. The quantitative estimate of drug-likeness (QED) is 0.537. The molecule has 0 amide bonds. The van der Waals surface area contributed by atoms with Gasteiger partial charge < -0.3 is 30.7 Å². The SMILES string of the molecule is Nc1nnc(-c2ccccc2O)cc1N1C[C@H]2CC[C@@H](C1)N2c1cccc(O[C@H]2CCNC2)c1. The predicted octanol–water partition coefficient (Wildman–Crippen LogP) is 3.03. The number of hydrogen-bond acceptors (Lipinski definition) is 8. The Morgan fingerprint density at radius 3 is 2.56 bits per heavy atom. The van der Waals surface area contributed by atoms with E-state index in [0.29, 0.717) is 29.2 Å². The number of para-hydroxylation sites is 1. The Kier molecular flexibility index (Phi) is 5.37. The Morgan fingerprint density at radius 1 is 0.971 bits per heavy atom. The van der Waals surface area contributed by atoms with Crippen LogP contribution >= 0.6 is 0 Å². The van der Waals surface area contributed by atoms with E-state index in [0.717, 1.165) is 56.9 Å². The Labute approximate surface area is 199 Å². The van der Waals surface area contributed by atoms with Gasteiger partial charge in [0.15, 0.2) is 5.82 Å². The van der Waals surface area contributed by atoms with Gasteiger partial charge >= 0.3 is 0 Å². The second-order valence-corrected chi connectivity index (χ2v) is 9.44. The number of piperazine rings is 1. The van der Waals surface area contributed by atoms with Crippen LogP contribution in [-0.2, 0) is 0 Å². The molecule has 3 aliphatic rings. The van der Waals surface area contributed by atoms with E-state index >= 15 is 0 Å². The summed E-state index contributed by atoms with van der Waals surface area (Å²) in [4.78, 5) is 4.89. The van der Waals surface area contributed by atoms with Gasteiger partial charge in [0.1, 0.15) is 17.6 Å². The molecule has 0 spiro atoms. The third-order valence-electron chi connectivity index (χ3n) is 7.24. The number of phenolic OH excluding ortho intramolecular Hbond substituents is 1. The normalized spacial score (nSPS) is 23.9. The van der Waals surface area contributed by atoms with Gasteiger partial charge in [0.25, 0.3) is 0 Å². The number of phenols is 1. The maximum Gasteiger partial charge on any atom is 0.169 e. The molecule has 1 aromatic heterocycles. The Balaban J connectivity index is 1.23. The molecule has 34 heavy (non-hydrogen) atoms. The Morgan fingerprint density at radius 2 is 1.79 bits per heavy atom. The topological polar surface area (TPSA) is 99.8 Å². The first kappa shape index (κ1) is 21.0. The van der Waals surface area contributed by atoms with Gasteiger partial charge in [-0.15, -0.1) is 10.2 Å². The van der Waals surface area contributed by atoms with E-state index < -0.39 is 0 Å². The number of nitrogens with two attached hydrogens (primary N) is 1. The highest BCUT2D eigenvalue weighted by Gasteiger charge is 2.40. The molecule has 8 nitrogen and oxygen atoms in total. The molecule has 8 heteroatoms. The summed E-state index contributed by atoms with van der Waals surface area (Å²) >= 11 is 0. The fourth-order valence-corrected chi connectivity index (χ4v) is 5.63. The van der Waals surface area contributed by atoms with E-state index in [-0.39, 0.29) is 11.9 Å². The van der Waals surface area contributed by atoms with Crippen LogP contribution in [0, 0.1) is 0 Å². The van der Waals surface area contributed by atoms with Crippen molar-refractivity contribution < 1.29 is 9.84 Å². The third-order valence-corrected chi connectivity index (χ3v) is 7.24. The molecule has 4 N–H and O–H groups in total. The average Bonchev–Trinajstić information content (AvgIpc) is 3.45. The highest BCUT2D eigenvalue weighted by atomic mass is 16.5. The molecule has 176 valence electrons. The highest BCUT2D eigenvalue weighted by molar-refractivity contribution is 5.74. The lowest BCUT2D eigenvalue weighted by Crippen LogP contribution is -2.54. The fourth-order valence-electron chi connectivity index (χ4n) is 5.63. The molecule has 3 aliphatic heterocycles. The van der Waals surface area contributed by atoms with Crippen LogP contribution in [0.25, 0.3) is 11.3 Å². The maximum absolute atomic E-state index is 10.3. The number of anilines is 3. The zero-order valence-corrected chi connectivity index (χ0v) is 19.1. The summed E-state index contributed by atoms with van der Waals surface area (Å²) in [6, 6.07) is 18.5. The second-order valence-electron chi connectivity index (χ2n) is 9.44. The zero-order chi connectivity index (χ0) is 23.1. The second kappa shape index (κ2) is 8.68. The lowest BCUT2D eigenvalue weighted by Gasteiger charge is -2.43. The van der Waals surface area contributed by atoms with Crippen LogP contribution in [0.3, 0.4) is 0 Å². The fraction of sp³-hybridized carbons (Fsp3) is 0.385. The maximum atomic E-state index is 10.3. The molecule has 0 unspecified atom stereocenters. The van der Waals surface area contributed by atoms with Crippen LogP contribution in [0.2, 0.25) is 0 Å². The summed E-state index contributed by atoms with van der Waals surface area (Å²) in [7, 11) is 0. The monoisotopic (exact) mass is 458 g/mol. The van der Waals surface area contributed by atoms with Crippen molar-refractivity contribution in [1.29, 1.82) is 0 Å². The van der Waals surface area contributed by atoms with Crippen LogP contribution < -0.4 is 25.6 Å². The van der Waals surface area contributed by atoms with Gasteiger partial charge in [-0.25, -0.2) is 0 Å². The lowest BCUT2D eigenvalue weighted by molar-refractivity contribution is 0.223. The number of fused-ring (bicyclic) bond motifs is 2. The molecule has 2 aromatic carbocycles. The number of benzene rings is 2. The van der Waals surface area contributed by atoms with Crippen molar-refractivity contribution in [2.75, 3.05) is 41.7 Å². The van der Waals surface area contributed by atoms with Gasteiger partial charge in [-0.2, -0.15) is 0 Å². The molecule has 0 saturated carbocycles. The first-order valence-corrected chi connectivity index (χ1v) is 12.1. The zero-order valence-electron chi connectivity index (χ0n) is 19.1. The van der Waals surface area contributed by atoms with Gasteiger partial charge in [0, 0.05) is 49.0 Å². The summed E-state index contributed by atoms with van der Waals surface area (Å²) in [5, 5.41) is 22.1. The van der Waals surface area contributed by atoms with E-state index in [1.54, 1.807) is 12.1 Å². The van der Waals surface area contributed by atoms with E-state index in [2.05, 4.69) is 49.6 Å². The molecule has 6 rings (SSSR count). The van der Waals surface area contributed by atoms with Gasteiger partial charge in [0.05, 0.1) is 11.4 Å². The first-order valence-electron chi connectivity index (χ1n) is 12.1. The minimum atomic E-state index is 0.188. The molecule has 3 saturated heterocycles. The van der Waals surface area contributed by atoms with Crippen molar-refractivity contribution in [2.45, 2.75) is 37.5 Å². The molecule has 3 fully saturated rings. The van der Waals surface area contributed by atoms with Gasteiger partial charge in [-0.05, 0) is 56.1 Å². The first-order chi connectivity index (χ1) is 16.7. The molecule has 0 radical (unpaired) electrons. The van der Waals surface area contributed by atoms with Crippen LogP contribution in [0.1, 0.15) is 19.3 Å². The summed E-state index contributed by atoms with van der Waals surface area (Å²) in [6.07, 6.45) is 3.59. The summed E-state index contributed by atoms with van der Waals surface area (Å²) in [5.74, 6) is 1.56. The standard InChI is InChI=1S/C26H30N6O2/c27-26-24(13-23(29-30-26)22-6-1-2-7-25(22)33)31-15-18-8-9-19(16-31)32(18)17-4-3-5-20(12-17)34-21-10-11-28-14-21/h1-7,12-13,18-19,21,28,33H,8-11,14-16H2,(H2,27,30)/t18-,19+,21-/m0/s1. The van der Waals surface area contributed by atoms with Crippen molar-refractivity contribution in [3.8, 4) is 22.8 Å². The largest absolute Gasteiger partial charge is 0.507 e. The number of rotatable bonds is 5. The molecular formula is C26H30N6O2. The molecule has 0 aliphatic carbocycles. The minimum Gasteiger partial charge on any atom is -0.507 e. The Bertz CT molecular complexity index is 1170. The van der Waals surface area contributed by atoms with Gasteiger partial charge in [0.2, 0.25) is 0 Å². The summed E-state index contributed by atoms with van der Waals surface area (Å²) in [5.41, 5.74) is 9.68. The third kappa shape index (κ3) is 3.88. The van der Waals surface area contributed by atoms with Gasteiger partial charge in [-0.1, -0.05) is 18.2 Å². The minimum absolute atomic E-state index is 0.188. The van der Waals surface area contributed by atoms with Crippen molar-refractivity contribution in [3.05, 3.63) is 54.6 Å². The summed E-state index contributed by atoms with van der Waals surface area (Å²) < 4.78 is 6.22. The van der Waals surface area contributed by atoms with Crippen LogP contribution in [0.4, 0.5) is 17.2 Å².